The Morgan fingerprint density at radius 2 is 1.61 bits per heavy atom. The number of hydrogen-bond acceptors (Lipinski definition) is 14. The predicted molar refractivity (Wildman–Crippen MR) is 249 cm³/mol. The van der Waals surface area contributed by atoms with Crippen molar-refractivity contribution >= 4 is 58.5 Å². The van der Waals surface area contributed by atoms with Gasteiger partial charge < -0.3 is 35.8 Å². The molecule has 0 bridgehead atoms. The molecule has 1 atom stereocenters. The van der Waals surface area contributed by atoms with Crippen molar-refractivity contribution in [1.82, 2.24) is 35.7 Å². The fourth-order valence-electron chi connectivity index (χ4n) is 9.55. The van der Waals surface area contributed by atoms with Gasteiger partial charge in [0.25, 0.3) is 11.8 Å². The molecule has 352 valence electrons. The first-order chi connectivity index (χ1) is 31.8. The molecule has 0 aliphatic carbocycles. The van der Waals surface area contributed by atoms with Crippen LogP contribution >= 0.6 is 0 Å². The van der Waals surface area contributed by atoms with E-state index in [9.17, 15) is 28.8 Å². The first-order valence-corrected chi connectivity index (χ1v) is 23.5. The van der Waals surface area contributed by atoms with Gasteiger partial charge in [0.1, 0.15) is 24.0 Å². The molecular formula is C48H63N11O7. The van der Waals surface area contributed by atoms with Crippen molar-refractivity contribution in [3.63, 3.8) is 0 Å². The van der Waals surface area contributed by atoms with Crippen LogP contribution in [-0.4, -0.2) is 139 Å². The molecule has 4 saturated heterocycles. The molecule has 5 aliphatic heterocycles. The molecule has 18 nitrogen and oxygen atoms in total. The molecule has 0 saturated carbocycles. The summed E-state index contributed by atoms with van der Waals surface area (Å²) in [5.74, 6) is -0.677. The van der Waals surface area contributed by atoms with Gasteiger partial charge in [-0.3, -0.25) is 43.9 Å². The standard InChI is InChI=1S/C48H63N11O7/c1-47(2)15-22-56(23-16-47)29-33-8-10-34(11-9-33)58-30-42(62)55-48(31-58)17-24-57(25-18-48)39-28-38(52-32-53-39)50-19-4-20-51-40(60)14-27-66-26-5-21-49-36-7-3-6-35-43(36)46(65)59(45(35)64)37-12-13-41(61)54-44(37)63/h3,6-11,28,32,37,49H,4-5,12-27,29-31H2,1-2H3,(H,51,60)(H,55,62)(H,50,52,53)(H,54,61,63). The molecule has 6 heterocycles. The van der Waals surface area contributed by atoms with Crippen molar-refractivity contribution in [3.05, 3.63) is 71.5 Å². The summed E-state index contributed by atoms with van der Waals surface area (Å²) in [6.45, 7) is 12.8. The monoisotopic (exact) mass is 905 g/mol. The zero-order valence-electron chi connectivity index (χ0n) is 38.2. The van der Waals surface area contributed by atoms with Gasteiger partial charge >= 0.3 is 0 Å². The SMILES string of the molecule is CC1(C)CCN(Cc2ccc(N3CC(=O)NC4(CCN(c5cc(NCCCNC(=O)CCOCCCNc6cccc7c6C(=O)N(C6CCC(=O)NC6=O)C7=O)ncn5)CC4)C3)cc2)CC1. The Labute approximate surface area is 386 Å². The van der Waals surface area contributed by atoms with Gasteiger partial charge in [-0.1, -0.05) is 32.0 Å². The topological polar surface area (TPSA) is 211 Å². The molecule has 8 rings (SSSR count). The second kappa shape index (κ2) is 20.6. The molecule has 5 aliphatic rings. The minimum atomic E-state index is -1.02. The zero-order valence-corrected chi connectivity index (χ0v) is 38.2. The molecule has 1 spiro atoms. The number of rotatable bonds is 18. The predicted octanol–water partition coefficient (Wildman–Crippen LogP) is 3.30. The van der Waals surface area contributed by atoms with Crippen LogP contribution in [0.25, 0.3) is 0 Å². The van der Waals surface area contributed by atoms with E-state index in [0.29, 0.717) is 62.5 Å². The number of nitrogens with zero attached hydrogens (tertiary/aromatic N) is 6. The Morgan fingerprint density at radius 3 is 2.38 bits per heavy atom. The maximum absolute atomic E-state index is 13.3. The van der Waals surface area contributed by atoms with E-state index < -0.39 is 29.7 Å². The van der Waals surface area contributed by atoms with Gasteiger partial charge in [-0.05, 0) is 93.3 Å². The van der Waals surface area contributed by atoms with Crippen LogP contribution in [0.3, 0.4) is 0 Å². The second-order valence-electron chi connectivity index (χ2n) is 19.0. The normalized spacial score (nSPS) is 20.5. The zero-order chi connectivity index (χ0) is 46.3. The number of carbonyl (C=O) groups excluding carboxylic acids is 6. The highest BCUT2D eigenvalue weighted by Crippen LogP contribution is 2.34. The third-order valence-corrected chi connectivity index (χ3v) is 13.6. The number of fused-ring (bicyclic) bond motifs is 1. The van der Waals surface area contributed by atoms with Gasteiger partial charge in [-0.2, -0.15) is 0 Å². The van der Waals surface area contributed by atoms with Gasteiger partial charge in [0.2, 0.25) is 23.6 Å². The number of imide groups is 2. The van der Waals surface area contributed by atoms with Gasteiger partial charge in [0.15, 0.2) is 0 Å². The Bertz CT molecular complexity index is 2270. The summed E-state index contributed by atoms with van der Waals surface area (Å²) >= 11 is 0. The molecule has 1 unspecified atom stereocenters. The number of hydrogen-bond donors (Lipinski definition) is 5. The quantitative estimate of drug-likeness (QED) is 0.0917. The molecule has 66 heavy (non-hydrogen) atoms. The van der Waals surface area contributed by atoms with Crippen LogP contribution in [0.5, 0.6) is 0 Å². The van der Waals surface area contributed by atoms with E-state index >= 15 is 0 Å². The fraction of sp³-hybridized carbons (Fsp3) is 0.542. The van der Waals surface area contributed by atoms with E-state index in [1.54, 1.807) is 24.5 Å². The number of ether oxygens (including phenoxy) is 1. The minimum absolute atomic E-state index is 0.0571. The highest BCUT2D eigenvalue weighted by Gasteiger charge is 2.46. The van der Waals surface area contributed by atoms with Gasteiger partial charge in [-0.15, -0.1) is 0 Å². The first-order valence-electron chi connectivity index (χ1n) is 23.5. The maximum Gasteiger partial charge on any atom is 0.264 e. The number of carbonyl (C=O) groups is 6. The number of aromatic nitrogens is 2. The Morgan fingerprint density at radius 1 is 0.833 bits per heavy atom. The maximum atomic E-state index is 13.3. The Balaban J connectivity index is 0.689. The smallest absolute Gasteiger partial charge is 0.264 e. The summed E-state index contributed by atoms with van der Waals surface area (Å²) in [4.78, 5) is 92.7. The first kappa shape index (κ1) is 46.4. The largest absolute Gasteiger partial charge is 0.384 e. The summed E-state index contributed by atoms with van der Waals surface area (Å²) in [5, 5.41) is 15.0. The van der Waals surface area contributed by atoms with E-state index in [4.69, 9.17) is 4.74 Å². The summed E-state index contributed by atoms with van der Waals surface area (Å²) in [6, 6.07) is 14.6. The second-order valence-corrected chi connectivity index (χ2v) is 19.0. The lowest BCUT2D eigenvalue weighted by atomic mass is 9.82. The highest BCUT2D eigenvalue weighted by molar-refractivity contribution is 6.25. The fourth-order valence-corrected chi connectivity index (χ4v) is 9.55. The summed E-state index contributed by atoms with van der Waals surface area (Å²) in [6.07, 6.45) is 7.31. The summed E-state index contributed by atoms with van der Waals surface area (Å²) in [5.41, 5.74) is 3.46. The Hall–Kier alpha value is -6.14. The number of nitrogens with one attached hydrogen (secondary N) is 5. The molecule has 0 radical (unpaired) electrons. The van der Waals surface area contributed by atoms with E-state index in [0.717, 1.165) is 68.5 Å². The van der Waals surface area contributed by atoms with Crippen molar-refractivity contribution in [2.75, 3.05) is 92.5 Å². The average Bonchev–Trinajstić information content (AvgIpc) is 3.55. The van der Waals surface area contributed by atoms with Crippen LogP contribution in [0.1, 0.15) is 97.9 Å². The number of likely N-dealkylation sites (tertiary alicyclic amines) is 1. The molecule has 6 amide bonds. The van der Waals surface area contributed by atoms with Crippen LogP contribution in [-0.2, 0) is 30.5 Å². The number of anilines is 4. The van der Waals surface area contributed by atoms with E-state index in [-0.39, 0.29) is 54.3 Å². The van der Waals surface area contributed by atoms with Crippen LogP contribution in [0, 0.1) is 5.41 Å². The van der Waals surface area contributed by atoms with E-state index in [2.05, 4.69) is 89.4 Å². The van der Waals surface area contributed by atoms with Crippen LogP contribution in [0.2, 0.25) is 0 Å². The summed E-state index contributed by atoms with van der Waals surface area (Å²) in [7, 11) is 0. The van der Waals surface area contributed by atoms with Gasteiger partial charge in [0.05, 0.1) is 29.8 Å². The molecule has 2 aromatic carbocycles. The average molecular weight is 906 g/mol. The summed E-state index contributed by atoms with van der Waals surface area (Å²) < 4.78 is 5.67. The Kier molecular flexibility index (Phi) is 14.5. The van der Waals surface area contributed by atoms with Crippen molar-refractivity contribution < 1.29 is 33.5 Å². The number of piperazine rings is 1. The minimum Gasteiger partial charge on any atom is -0.384 e. The number of amides is 6. The van der Waals surface area contributed by atoms with Gasteiger partial charge in [0, 0.05) is 82.7 Å². The van der Waals surface area contributed by atoms with Crippen LogP contribution in [0.4, 0.5) is 23.0 Å². The van der Waals surface area contributed by atoms with Crippen molar-refractivity contribution in [2.24, 2.45) is 5.41 Å². The third kappa shape index (κ3) is 11.3. The lowest BCUT2D eigenvalue weighted by Gasteiger charge is -2.48. The van der Waals surface area contributed by atoms with Crippen LogP contribution in [0.15, 0.2) is 54.9 Å². The number of piperidine rings is 3. The van der Waals surface area contributed by atoms with Crippen molar-refractivity contribution in [3.8, 4) is 0 Å². The van der Waals surface area contributed by atoms with Crippen molar-refractivity contribution in [1.29, 1.82) is 0 Å². The van der Waals surface area contributed by atoms with Gasteiger partial charge in [-0.25, -0.2) is 9.97 Å². The molecule has 1 aromatic heterocycles. The third-order valence-electron chi connectivity index (χ3n) is 13.6. The highest BCUT2D eigenvalue weighted by atomic mass is 16.5. The van der Waals surface area contributed by atoms with Crippen molar-refractivity contribution in [2.45, 2.75) is 89.8 Å². The lowest BCUT2D eigenvalue weighted by Crippen LogP contribution is -2.66. The number of benzene rings is 2. The van der Waals surface area contributed by atoms with Crippen LogP contribution < -0.4 is 36.4 Å². The molecule has 4 fully saturated rings. The van der Waals surface area contributed by atoms with E-state index in [1.165, 1.54) is 18.4 Å². The molecule has 3 aromatic rings. The molecule has 5 N–H and O–H groups in total. The lowest BCUT2D eigenvalue weighted by molar-refractivity contribution is -0.136. The van der Waals surface area contributed by atoms with E-state index in [1.807, 2.05) is 6.07 Å². The molecule has 18 heteroatoms. The molecular weight excluding hydrogens is 843 g/mol.